The van der Waals surface area contributed by atoms with Crippen molar-refractivity contribution in [1.29, 1.82) is 0 Å². The predicted octanol–water partition coefficient (Wildman–Crippen LogP) is -0.794. The zero-order valence-electron chi connectivity index (χ0n) is 9.24. The van der Waals surface area contributed by atoms with Crippen LogP contribution in [-0.4, -0.2) is 61.4 Å². The number of ether oxygens (including phenoxy) is 1. The number of aliphatic hydroxyl groups excluding tert-OH is 1. The van der Waals surface area contributed by atoms with E-state index in [2.05, 4.69) is 5.32 Å². The van der Waals surface area contributed by atoms with Crippen LogP contribution in [0.25, 0.3) is 0 Å². The Morgan fingerprint density at radius 3 is 2.73 bits per heavy atom. The second-order valence-corrected chi connectivity index (χ2v) is 3.66. The van der Waals surface area contributed by atoms with Gasteiger partial charge in [-0.25, -0.2) is 0 Å². The molecule has 0 radical (unpaired) electrons. The Balaban J connectivity index is 2.22. The fourth-order valence-corrected chi connectivity index (χ4v) is 1.49. The van der Waals surface area contributed by atoms with Gasteiger partial charge in [-0.1, -0.05) is 6.92 Å². The van der Waals surface area contributed by atoms with Crippen LogP contribution in [0.2, 0.25) is 0 Å². The number of morpholine rings is 1. The van der Waals surface area contributed by atoms with E-state index in [1.54, 1.807) is 4.90 Å². The van der Waals surface area contributed by atoms with Gasteiger partial charge in [-0.2, -0.15) is 0 Å². The van der Waals surface area contributed by atoms with E-state index in [1.807, 2.05) is 6.92 Å². The highest BCUT2D eigenvalue weighted by Gasteiger charge is 2.17. The van der Waals surface area contributed by atoms with E-state index in [4.69, 9.17) is 9.84 Å². The van der Waals surface area contributed by atoms with Crippen molar-refractivity contribution in [3.63, 3.8) is 0 Å². The summed E-state index contributed by atoms with van der Waals surface area (Å²) in [6.45, 7) is 4.97. The molecule has 0 aliphatic carbocycles. The molecular formula is C10H20N2O3. The molecule has 0 saturated carbocycles. The molecular weight excluding hydrogens is 196 g/mol. The maximum absolute atomic E-state index is 11.7. The number of nitrogens with zero attached hydrogens (tertiary/aromatic N) is 1. The van der Waals surface area contributed by atoms with Crippen LogP contribution in [0.1, 0.15) is 13.3 Å². The number of amides is 1. The molecule has 0 aromatic heterocycles. The average Bonchev–Trinajstić information content (AvgIpc) is 2.31. The van der Waals surface area contributed by atoms with E-state index in [-0.39, 0.29) is 18.6 Å². The third-order valence-corrected chi connectivity index (χ3v) is 2.62. The molecule has 0 aromatic carbocycles. The fraction of sp³-hybridized carbons (Fsp3) is 0.900. The third-order valence-electron chi connectivity index (χ3n) is 2.62. The van der Waals surface area contributed by atoms with Crippen LogP contribution >= 0.6 is 0 Å². The van der Waals surface area contributed by atoms with Gasteiger partial charge in [0.1, 0.15) is 0 Å². The summed E-state index contributed by atoms with van der Waals surface area (Å²) in [5.41, 5.74) is 0. The first-order chi connectivity index (χ1) is 7.27. The topological polar surface area (TPSA) is 61.8 Å². The second kappa shape index (κ2) is 6.76. The summed E-state index contributed by atoms with van der Waals surface area (Å²) >= 11 is 0. The summed E-state index contributed by atoms with van der Waals surface area (Å²) in [6.07, 6.45) is 0.826. The van der Waals surface area contributed by atoms with Gasteiger partial charge in [-0.3, -0.25) is 4.79 Å². The molecule has 1 aliphatic rings. The summed E-state index contributed by atoms with van der Waals surface area (Å²) < 4.78 is 5.16. The lowest BCUT2D eigenvalue weighted by Crippen LogP contribution is -2.46. The van der Waals surface area contributed by atoms with Crippen molar-refractivity contribution in [2.75, 3.05) is 39.5 Å². The number of hydrogen-bond acceptors (Lipinski definition) is 4. The number of aliphatic hydroxyl groups is 1. The maximum atomic E-state index is 11.7. The Hall–Kier alpha value is -0.650. The number of hydrogen-bond donors (Lipinski definition) is 2. The standard InChI is InChI=1S/C10H20N2O3/c1-2-9(8-13)11-7-10(14)12-3-5-15-6-4-12/h9,11,13H,2-8H2,1H3. The molecule has 1 fully saturated rings. The molecule has 15 heavy (non-hydrogen) atoms. The molecule has 1 amide bonds. The van der Waals surface area contributed by atoms with Crippen molar-refractivity contribution in [2.24, 2.45) is 0 Å². The largest absolute Gasteiger partial charge is 0.395 e. The van der Waals surface area contributed by atoms with Crippen LogP contribution in [0.4, 0.5) is 0 Å². The van der Waals surface area contributed by atoms with Crippen LogP contribution in [-0.2, 0) is 9.53 Å². The van der Waals surface area contributed by atoms with Gasteiger partial charge in [0.2, 0.25) is 5.91 Å². The van der Waals surface area contributed by atoms with E-state index in [0.29, 0.717) is 32.8 Å². The number of carbonyl (C=O) groups excluding carboxylic acids is 1. The van der Waals surface area contributed by atoms with Gasteiger partial charge in [0.15, 0.2) is 0 Å². The molecule has 1 unspecified atom stereocenters. The second-order valence-electron chi connectivity index (χ2n) is 3.66. The zero-order chi connectivity index (χ0) is 11.1. The van der Waals surface area contributed by atoms with Gasteiger partial charge < -0.3 is 20.1 Å². The first-order valence-corrected chi connectivity index (χ1v) is 5.47. The van der Waals surface area contributed by atoms with Gasteiger partial charge in [0.05, 0.1) is 26.4 Å². The normalized spacial score (nSPS) is 18.9. The van der Waals surface area contributed by atoms with Crippen LogP contribution in [0, 0.1) is 0 Å². The first kappa shape index (κ1) is 12.4. The van der Waals surface area contributed by atoms with Crippen molar-refractivity contribution in [2.45, 2.75) is 19.4 Å². The van der Waals surface area contributed by atoms with Crippen molar-refractivity contribution < 1.29 is 14.6 Å². The van der Waals surface area contributed by atoms with E-state index in [0.717, 1.165) is 6.42 Å². The molecule has 2 N–H and O–H groups in total. The van der Waals surface area contributed by atoms with E-state index < -0.39 is 0 Å². The van der Waals surface area contributed by atoms with Gasteiger partial charge >= 0.3 is 0 Å². The molecule has 0 bridgehead atoms. The molecule has 1 atom stereocenters. The molecule has 0 aromatic rings. The lowest BCUT2D eigenvalue weighted by Gasteiger charge is -2.27. The highest BCUT2D eigenvalue weighted by Crippen LogP contribution is 1.97. The highest BCUT2D eigenvalue weighted by atomic mass is 16.5. The Morgan fingerprint density at radius 1 is 1.53 bits per heavy atom. The van der Waals surface area contributed by atoms with Crippen molar-refractivity contribution >= 4 is 5.91 Å². The number of carbonyl (C=O) groups is 1. The Bertz CT molecular complexity index is 189. The monoisotopic (exact) mass is 216 g/mol. The van der Waals surface area contributed by atoms with E-state index >= 15 is 0 Å². The first-order valence-electron chi connectivity index (χ1n) is 5.47. The smallest absolute Gasteiger partial charge is 0.236 e. The fourth-order valence-electron chi connectivity index (χ4n) is 1.49. The lowest BCUT2D eigenvalue weighted by atomic mass is 10.2. The highest BCUT2D eigenvalue weighted by molar-refractivity contribution is 5.78. The van der Waals surface area contributed by atoms with Crippen molar-refractivity contribution in [1.82, 2.24) is 10.2 Å². The minimum absolute atomic E-state index is 0.0231. The molecule has 5 heteroatoms. The van der Waals surface area contributed by atoms with Crippen LogP contribution in [0.5, 0.6) is 0 Å². The lowest BCUT2D eigenvalue weighted by molar-refractivity contribution is -0.134. The maximum Gasteiger partial charge on any atom is 0.236 e. The molecule has 1 saturated heterocycles. The van der Waals surface area contributed by atoms with Gasteiger partial charge in [0, 0.05) is 19.1 Å². The Labute approximate surface area is 90.4 Å². The number of rotatable bonds is 5. The molecule has 0 spiro atoms. The molecule has 1 rings (SSSR count). The predicted molar refractivity (Wildman–Crippen MR) is 56.6 cm³/mol. The summed E-state index contributed by atoms with van der Waals surface area (Å²) in [6, 6.07) is 0.0231. The van der Waals surface area contributed by atoms with Gasteiger partial charge in [-0.05, 0) is 6.42 Å². The van der Waals surface area contributed by atoms with Crippen LogP contribution < -0.4 is 5.32 Å². The van der Waals surface area contributed by atoms with E-state index in [1.165, 1.54) is 0 Å². The zero-order valence-corrected chi connectivity index (χ0v) is 9.24. The minimum Gasteiger partial charge on any atom is -0.395 e. The quantitative estimate of drug-likeness (QED) is 0.632. The van der Waals surface area contributed by atoms with Crippen molar-refractivity contribution in [3.8, 4) is 0 Å². The summed E-state index contributed by atoms with van der Waals surface area (Å²) in [4.78, 5) is 13.5. The summed E-state index contributed by atoms with van der Waals surface area (Å²) in [7, 11) is 0. The van der Waals surface area contributed by atoms with Crippen LogP contribution in [0.3, 0.4) is 0 Å². The minimum atomic E-state index is 0.0231. The Kier molecular flexibility index (Phi) is 5.60. The molecule has 88 valence electrons. The molecule has 1 aliphatic heterocycles. The van der Waals surface area contributed by atoms with Crippen LogP contribution in [0.15, 0.2) is 0 Å². The molecule has 1 heterocycles. The summed E-state index contributed by atoms with van der Waals surface area (Å²) in [5.74, 6) is 0.0881. The summed E-state index contributed by atoms with van der Waals surface area (Å²) in [5, 5.41) is 12.0. The SMILES string of the molecule is CCC(CO)NCC(=O)N1CCOCC1. The Morgan fingerprint density at radius 2 is 2.20 bits per heavy atom. The van der Waals surface area contributed by atoms with Gasteiger partial charge in [0.25, 0.3) is 0 Å². The number of nitrogens with one attached hydrogen (secondary N) is 1. The van der Waals surface area contributed by atoms with E-state index in [9.17, 15) is 4.79 Å². The van der Waals surface area contributed by atoms with Gasteiger partial charge in [-0.15, -0.1) is 0 Å². The third kappa shape index (κ3) is 4.15. The van der Waals surface area contributed by atoms with Crippen molar-refractivity contribution in [3.05, 3.63) is 0 Å². The average molecular weight is 216 g/mol. The molecule has 5 nitrogen and oxygen atoms in total.